The average molecular weight is 302 g/mol. The minimum atomic E-state index is -0.358. The van der Waals surface area contributed by atoms with Gasteiger partial charge in [0.1, 0.15) is 5.75 Å². The molecule has 3 rings (SSSR count). The van der Waals surface area contributed by atoms with E-state index in [0.29, 0.717) is 18.3 Å². The van der Waals surface area contributed by atoms with E-state index in [0.717, 1.165) is 19.4 Å². The van der Waals surface area contributed by atoms with Crippen molar-refractivity contribution in [2.75, 3.05) is 19.6 Å². The van der Waals surface area contributed by atoms with Crippen LogP contribution in [0.25, 0.3) is 0 Å². The molecule has 0 radical (unpaired) electrons. The lowest BCUT2D eigenvalue weighted by atomic mass is 9.80. The molecule has 4 nitrogen and oxygen atoms in total. The smallest absolute Gasteiger partial charge is 0.410 e. The van der Waals surface area contributed by atoms with Crippen molar-refractivity contribution in [3.63, 3.8) is 0 Å². The van der Waals surface area contributed by atoms with E-state index in [1.165, 1.54) is 24.1 Å². The molecule has 0 bridgehead atoms. The molecule has 0 saturated carbocycles. The Labute approximate surface area is 132 Å². The number of benzene rings is 1. The Bertz CT molecular complexity index is 572. The van der Waals surface area contributed by atoms with Crippen LogP contribution in [0.15, 0.2) is 18.2 Å². The fraction of sp³-hybridized carbons (Fsp3) is 0.611. The van der Waals surface area contributed by atoms with Crippen LogP contribution in [-0.2, 0) is 11.8 Å². The number of nitrogens with zero attached hydrogens (tertiary/aromatic N) is 1. The van der Waals surface area contributed by atoms with Crippen molar-refractivity contribution < 1.29 is 9.53 Å². The standard InChI is InChI=1S/C18H26N2O2/c1-4-9-19-17(21)22-14-7-6-13-11-16-18(3,15(13)12-14)8-10-20(16)5-2/h6-7,12,16H,4-5,8-11H2,1-3H3,(H,19,21)/t16?,18-/m0/s1. The molecule has 120 valence electrons. The Morgan fingerprint density at radius 3 is 3.00 bits per heavy atom. The average Bonchev–Trinajstić information content (AvgIpc) is 2.97. The number of hydrogen-bond donors (Lipinski definition) is 1. The van der Waals surface area contributed by atoms with E-state index >= 15 is 0 Å². The molecule has 1 aliphatic heterocycles. The van der Waals surface area contributed by atoms with Gasteiger partial charge in [-0.15, -0.1) is 0 Å². The van der Waals surface area contributed by atoms with Crippen LogP contribution in [0, 0.1) is 0 Å². The highest BCUT2D eigenvalue weighted by molar-refractivity contribution is 5.70. The van der Waals surface area contributed by atoms with Gasteiger partial charge < -0.3 is 10.1 Å². The van der Waals surface area contributed by atoms with E-state index in [1.807, 2.05) is 13.0 Å². The van der Waals surface area contributed by atoms with Crippen molar-refractivity contribution in [3.8, 4) is 5.75 Å². The van der Waals surface area contributed by atoms with E-state index < -0.39 is 0 Å². The fourth-order valence-electron chi connectivity index (χ4n) is 4.06. The summed E-state index contributed by atoms with van der Waals surface area (Å²) in [6.45, 7) is 9.54. The summed E-state index contributed by atoms with van der Waals surface area (Å²) in [5.74, 6) is 0.657. The van der Waals surface area contributed by atoms with Crippen molar-refractivity contribution in [3.05, 3.63) is 29.3 Å². The van der Waals surface area contributed by atoms with Gasteiger partial charge in [0, 0.05) is 18.0 Å². The van der Waals surface area contributed by atoms with Gasteiger partial charge in [0.2, 0.25) is 0 Å². The number of likely N-dealkylation sites (N-methyl/N-ethyl adjacent to an activating group) is 1. The molecule has 0 spiro atoms. The lowest BCUT2D eigenvalue weighted by Gasteiger charge is -2.29. The van der Waals surface area contributed by atoms with Crippen LogP contribution >= 0.6 is 0 Å². The molecule has 1 N–H and O–H groups in total. The Kier molecular flexibility index (Phi) is 4.13. The van der Waals surface area contributed by atoms with Gasteiger partial charge >= 0.3 is 6.09 Å². The van der Waals surface area contributed by atoms with Crippen molar-refractivity contribution >= 4 is 6.09 Å². The monoisotopic (exact) mass is 302 g/mol. The number of carbonyl (C=O) groups excluding carboxylic acids is 1. The van der Waals surface area contributed by atoms with Gasteiger partial charge in [-0.2, -0.15) is 0 Å². The van der Waals surface area contributed by atoms with E-state index in [9.17, 15) is 4.79 Å². The highest BCUT2D eigenvalue weighted by Gasteiger charge is 2.49. The second kappa shape index (κ2) is 5.92. The number of likely N-dealkylation sites (tertiary alicyclic amines) is 1. The van der Waals surface area contributed by atoms with Gasteiger partial charge in [-0.25, -0.2) is 4.79 Å². The number of carbonyl (C=O) groups is 1. The first kappa shape index (κ1) is 15.3. The summed E-state index contributed by atoms with van der Waals surface area (Å²) >= 11 is 0. The van der Waals surface area contributed by atoms with Crippen molar-refractivity contribution in [1.29, 1.82) is 0 Å². The first-order chi connectivity index (χ1) is 10.6. The van der Waals surface area contributed by atoms with Crippen LogP contribution in [0.4, 0.5) is 4.79 Å². The quantitative estimate of drug-likeness (QED) is 0.929. The molecule has 1 saturated heterocycles. The molecular formula is C18H26N2O2. The van der Waals surface area contributed by atoms with Gasteiger partial charge in [-0.1, -0.05) is 26.8 Å². The van der Waals surface area contributed by atoms with Gasteiger partial charge in [0.15, 0.2) is 0 Å². The van der Waals surface area contributed by atoms with E-state index in [-0.39, 0.29) is 11.5 Å². The third kappa shape index (κ3) is 2.50. The maximum absolute atomic E-state index is 11.7. The zero-order chi connectivity index (χ0) is 15.7. The normalized spacial score (nSPS) is 26.6. The van der Waals surface area contributed by atoms with Crippen molar-refractivity contribution in [2.45, 2.75) is 51.5 Å². The molecule has 2 aliphatic rings. The molecule has 1 fully saturated rings. The first-order valence-corrected chi connectivity index (χ1v) is 8.41. The zero-order valence-corrected chi connectivity index (χ0v) is 13.8. The third-order valence-corrected chi connectivity index (χ3v) is 5.34. The van der Waals surface area contributed by atoms with Crippen LogP contribution in [0.5, 0.6) is 5.75 Å². The van der Waals surface area contributed by atoms with E-state index in [2.05, 4.69) is 36.2 Å². The number of amides is 1. The summed E-state index contributed by atoms with van der Waals surface area (Å²) in [5.41, 5.74) is 2.98. The predicted molar refractivity (Wildman–Crippen MR) is 87.5 cm³/mol. The fourth-order valence-corrected chi connectivity index (χ4v) is 4.06. The summed E-state index contributed by atoms with van der Waals surface area (Å²) in [5, 5.41) is 2.75. The Balaban J connectivity index is 1.79. The van der Waals surface area contributed by atoms with Crippen LogP contribution in [-0.4, -0.2) is 36.7 Å². The van der Waals surface area contributed by atoms with E-state index in [4.69, 9.17) is 4.74 Å². The van der Waals surface area contributed by atoms with E-state index in [1.54, 1.807) is 0 Å². The van der Waals surface area contributed by atoms with Crippen molar-refractivity contribution in [1.82, 2.24) is 10.2 Å². The van der Waals surface area contributed by atoms with Crippen molar-refractivity contribution in [2.24, 2.45) is 0 Å². The Morgan fingerprint density at radius 2 is 2.27 bits per heavy atom. The number of rotatable bonds is 4. The number of hydrogen-bond acceptors (Lipinski definition) is 3. The topological polar surface area (TPSA) is 41.6 Å². The lowest BCUT2D eigenvalue weighted by molar-refractivity contribution is 0.200. The lowest BCUT2D eigenvalue weighted by Crippen LogP contribution is -2.37. The predicted octanol–water partition coefficient (Wildman–Crippen LogP) is 3.09. The summed E-state index contributed by atoms with van der Waals surface area (Å²) in [4.78, 5) is 14.3. The molecule has 1 unspecified atom stereocenters. The van der Waals surface area contributed by atoms with Gasteiger partial charge in [-0.05, 0) is 55.6 Å². The van der Waals surface area contributed by atoms with Crippen LogP contribution in [0.1, 0.15) is 44.7 Å². The van der Waals surface area contributed by atoms with Gasteiger partial charge in [0.25, 0.3) is 0 Å². The van der Waals surface area contributed by atoms with Crippen LogP contribution in [0.3, 0.4) is 0 Å². The first-order valence-electron chi connectivity index (χ1n) is 8.41. The summed E-state index contributed by atoms with van der Waals surface area (Å²) < 4.78 is 5.42. The molecular weight excluding hydrogens is 276 g/mol. The molecule has 1 aliphatic carbocycles. The number of nitrogens with one attached hydrogen (secondary N) is 1. The third-order valence-electron chi connectivity index (χ3n) is 5.34. The molecule has 1 amide bonds. The van der Waals surface area contributed by atoms with Gasteiger partial charge in [0.05, 0.1) is 0 Å². The Morgan fingerprint density at radius 1 is 1.45 bits per heavy atom. The number of ether oxygens (including phenoxy) is 1. The summed E-state index contributed by atoms with van der Waals surface area (Å²) in [6.07, 6.45) is 2.85. The SMILES string of the molecule is CCCNC(=O)Oc1ccc2c(c1)[C@]1(C)CCN(CC)C1C2. The highest BCUT2D eigenvalue weighted by Crippen LogP contribution is 2.48. The molecule has 1 heterocycles. The molecule has 0 aromatic heterocycles. The molecule has 2 atom stereocenters. The molecule has 4 heteroatoms. The second-order valence-corrected chi connectivity index (χ2v) is 6.65. The Hall–Kier alpha value is -1.55. The second-order valence-electron chi connectivity index (χ2n) is 6.65. The largest absolute Gasteiger partial charge is 0.412 e. The summed E-state index contributed by atoms with van der Waals surface area (Å²) in [6, 6.07) is 6.73. The van der Waals surface area contributed by atoms with Crippen LogP contribution in [0.2, 0.25) is 0 Å². The summed E-state index contributed by atoms with van der Waals surface area (Å²) in [7, 11) is 0. The maximum Gasteiger partial charge on any atom is 0.412 e. The molecule has 1 aromatic rings. The minimum absolute atomic E-state index is 0.199. The molecule has 1 aromatic carbocycles. The maximum atomic E-state index is 11.7. The number of fused-ring (bicyclic) bond motifs is 3. The van der Waals surface area contributed by atoms with Gasteiger partial charge in [-0.3, -0.25) is 4.90 Å². The minimum Gasteiger partial charge on any atom is -0.410 e. The molecule has 22 heavy (non-hydrogen) atoms. The van der Waals surface area contributed by atoms with Crippen LogP contribution < -0.4 is 10.1 Å². The highest BCUT2D eigenvalue weighted by atomic mass is 16.6. The zero-order valence-electron chi connectivity index (χ0n) is 13.8.